The van der Waals surface area contributed by atoms with Gasteiger partial charge in [-0.25, -0.2) is 0 Å². The molecule has 0 unspecified atom stereocenters. The van der Waals surface area contributed by atoms with Gasteiger partial charge in [0, 0.05) is 12.8 Å². The molecule has 3 heteroatoms. The number of Topliss-reactive ketones (excluding diaryl/α,β-unsaturated/α-hetero) is 1. The molecule has 0 aromatic carbocycles. The van der Waals surface area contributed by atoms with Crippen molar-refractivity contribution in [3.05, 3.63) is 0 Å². The number of ether oxygens (including phenoxy) is 1. The van der Waals surface area contributed by atoms with Crippen molar-refractivity contribution in [3.63, 3.8) is 0 Å². The fourth-order valence-electron chi connectivity index (χ4n) is 2.13. The van der Waals surface area contributed by atoms with Gasteiger partial charge in [0.2, 0.25) is 0 Å². The molecule has 1 rings (SSSR count). The Morgan fingerprint density at radius 2 is 2.00 bits per heavy atom. The summed E-state index contributed by atoms with van der Waals surface area (Å²) in [6.07, 6.45) is 6.06. The van der Waals surface area contributed by atoms with E-state index in [0.29, 0.717) is 30.8 Å². The number of rotatable bonds is 8. The van der Waals surface area contributed by atoms with Gasteiger partial charge in [-0.1, -0.05) is 20.3 Å². The van der Waals surface area contributed by atoms with Gasteiger partial charge in [-0.05, 0) is 38.3 Å². The number of ketones is 1. The highest BCUT2D eigenvalue weighted by molar-refractivity contribution is 5.78. The van der Waals surface area contributed by atoms with Crippen LogP contribution in [0.4, 0.5) is 0 Å². The maximum atomic E-state index is 11.6. The van der Waals surface area contributed by atoms with Crippen molar-refractivity contribution in [1.29, 1.82) is 0 Å². The standard InChI is InChI=1S/C14H27NO2/c1-12(2)4-3-5-13(16)8-11-17-14-6-9-15-10-7-14/h12,14-15H,3-11H2,1-2H3. The molecule has 1 fully saturated rings. The molecule has 1 N–H and O–H groups in total. The molecule has 1 aliphatic heterocycles. The van der Waals surface area contributed by atoms with E-state index in [9.17, 15) is 4.79 Å². The van der Waals surface area contributed by atoms with Crippen molar-refractivity contribution in [2.24, 2.45) is 5.92 Å². The quantitative estimate of drug-likeness (QED) is 0.709. The van der Waals surface area contributed by atoms with Crippen LogP contribution in [0.15, 0.2) is 0 Å². The summed E-state index contributed by atoms with van der Waals surface area (Å²) in [5, 5.41) is 3.31. The summed E-state index contributed by atoms with van der Waals surface area (Å²) in [5.41, 5.74) is 0. The zero-order valence-corrected chi connectivity index (χ0v) is 11.3. The van der Waals surface area contributed by atoms with Crippen LogP contribution < -0.4 is 5.32 Å². The lowest BCUT2D eigenvalue weighted by atomic mass is 10.0. The molecule has 1 aliphatic rings. The van der Waals surface area contributed by atoms with Crippen LogP contribution in [0.25, 0.3) is 0 Å². The highest BCUT2D eigenvalue weighted by Gasteiger charge is 2.13. The molecule has 0 bridgehead atoms. The lowest BCUT2D eigenvalue weighted by molar-refractivity contribution is -0.120. The van der Waals surface area contributed by atoms with Gasteiger partial charge in [0.05, 0.1) is 12.7 Å². The summed E-state index contributed by atoms with van der Waals surface area (Å²) < 4.78 is 5.72. The van der Waals surface area contributed by atoms with E-state index in [2.05, 4.69) is 19.2 Å². The molecule has 0 amide bonds. The molecule has 0 radical (unpaired) electrons. The number of carbonyl (C=O) groups excluding carboxylic acids is 1. The molecule has 1 heterocycles. The smallest absolute Gasteiger partial charge is 0.135 e. The van der Waals surface area contributed by atoms with Crippen LogP contribution in [0.3, 0.4) is 0 Å². The summed E-state index contributed by atoms with van der Waals surface area (Å²) in [5.74, 6) is 1.06. The molecule has 0 aliphatic carbocycles. The molecular weight excluding hydrogens is 214 g/mol. The zero-order valence-electron chi connectivity index (χ0n) is 11.3. The van der Waals surface area contributed by atoms with E-state index in [1.54, 1.807) is 0 Å². The van der Waals surface area contributed by atoms with E-state index in [-0.39, 0.29) is 0 Å². The lowest BCUT2D eigenvalue weighted by Gasteiger charge is -2.22. The molecule has 0 atom stereocenters. The molecule has 1 saturated heterocycles. The van der Waals surface area contributed by atoms with E-state index < -0.39 is 0 Å². The van der Waals surface area contributed by atoms with Gasteiger partial charge in [-0.15, -0.1) is 0 Å². The lowest BCUT2D eigenvalue weighted by Crippen LogP contribution is -2.32. The van der Waals surface area contributed by atoms with E-state index in [1.807, 2.05) is 0 Å². The second-order valence-corrected chi connectivity index (χ2v) is 5.39. The average molecular weight is 241 g/mol. The van der Waals surface area contributed by atoms with E-state index >= 15 is 0 Å². The summed E-state index contributed by atoms with van der Waals surface area (Å²) >= 11 is 0. The van der Waals surface area contributed by atoms with Gasteiger partial charge >= 0.3 is 0 Å². The minimum absolute atomic E-state index is 0.361. The molecule has 3 nitrogen and oxygen atoms in total. The first-order valence-electron chi connectivity index (χ1n) is 7.02. The van der Waals surface area contributed by atoms with Crippen molar-refractivity contribution < 1.29 is 9.53 Å². The molecular formula is C14H27NO2. The second kappa shape index (κ2) is 8.65. The van der Waals surface area contributed by atoms with Crippen LogP contribution in [0.1, 0.15) is 52.4 Å². The summed E-state index contributed by atoms with van der Waals surface area (Å²) in [7, 11) is 0. The van der Waals surface area contributed by atoms with E-state index in [1.165, 1.54) is 0 Å². The maximum Gasteiger partial charge on any atom is 0.135 e. The Hall–Kier alpha value is -0.410. The van der Waals surface area contributed by atoms with Crippen molar-refractivity contribution in [1.82, 2.24) is 5.32 Å². The highest BCUT2D eigenvalue weighted by atomic mass is 16.5. The summed E-state index contributed by atoms with van der Waals surface area (Å²) in [4.78, 5) is 11.6. The van der Waals surface area contributed by atoms with Gasteiger partial charge in [0.15, 0.2) is 0 Å². The van der Waals surface area contributed by atoms with Gasteiger partial charge in [0.1, 0.15) is 5.78 Å². The van der Waals surface area contributed by atoms with Gasteiger partial charge in [-0.2, -0.15) is 0 Å². The number of hydrogen-bond acceptors (Lipinski definition) is 3. The Labute approximate surface area is 105 Å². The molecule has 0 aromatic heterocycles. The molecule has 0 aromatic rings. The monoisotopic (exact) mass is 241 g/mol. The average Bonchev–Trinajstić information content (AvgIpc) is 2.30. The Kier molecular flexibility index (Phi) is 7.45. The Morgan fingerprint density at radius 1 is 1.29 bits per heavy atom. The van der Waals surface area contributed by atoms with Crippen LogP contribution in [0.5, 0.6) is 0 Å². The SMILES string of the molecule is CC(C)CCCC(=O)CCOC1CCNCC1. The van der Waals surface area contributed by atoms with E-state index in [4.69, 9.17) is 4.74 Å². The Bertz CT molecular complexity index is 210. The van der Waals surface area contributed by atoms with Crippen LogP contribution in [-0.2, 0) is 9.53 Å². The van der Waals surface area contributed by atoms with Crippen molar-refractivity contribution in [3.8, 4) is 0 Å². The third kappa shape index (κ3) is 7.50. The van der Waals surface area contributed by atoms with Crippen LogP contribution >= 0.6 is 0 Å². The van der Waals surface area contributed by atoms with Crippen molar-refractivity contribution in [2.75, 3.05) is 19.7 Å². The third-order valence-corrected chi connectivity index (χ3v) is 3.26. The number of piperidine rings is 1. The summed E-state index contributed by atoms with van der Waals surface area (Å²) in [6, 6.07) is 0. The maximum absolute atomic E-state index is 11.6. The first kappa shape index (κ1) is 14.7. The molecule has 0 saturated carbocycles. The predicted octanol–water partition coefficient (Wildman–Crippen LogP) is 2.54. The highest BCUT2D eigenvalue weighted by Crippen LogP contribution is 2.10. The second-order valence-electron chi connectivity index (χ2n) is 5.39. The molecule has 17 heavy (non-hydrogen) atoms. The molecule has 0 spiro atoms. The topological polar surface area (TPSA) is 38.3 Å². The van der Waals surface area contributed by atoms with Gasteiger partial charge in [-0.3, -0.25) is 4.79 Å². The van der Waals surface area contributed by atoms with Crippen molar-refractivity contribution >= 4 is 5.78 Å². The van der Waals surface area contributed by atoms with Crippen LogP contribution in [0, 0.1) is 5.92 Å². The Morgan fingerprint density at radius 3 is 2.65 bits per heavy atom. The van der Waals surface area contributed by atoms with Crippen LogP contribution in [-0.4, -0.2) is 31.6 Å². The number of nitrogens with one attached hydrogen (secondary N) is 1. The third-order valence-electron chi connectivity index (χ3n) is 3.26. The van der Waals surface area contributed by atoms with Crippen molar-refractivity contribution in [2.45, 2.75) is 58.5 Å². The molecule has 100 valence electrons. The minimum Gasteiger partial charge on any atom is -0.378 e. The number of carbonyl (C=O) groups is 1. The van der Waals surface area contributed by atoms with Gasteiger partial charge in [0.25, 0.3) is 0 Å². The summed E-state index contributed by atoms with van der Waals surface area (Å²) in [6.45, 7) is 7.11. The normalized spacial score (nSPS) is 17.6. The Balaban J connectivity index is 1.95. The number of hydrogen-bond donors (Lipinski definition) is 1. The largest absolute Gasteiger partial charge is 0.378 e. The van der Waals surface area contributed by atoms with Crippen LogP contribution in [0.2, 0.25) is 0 Å². The van der Waals surface area contributed by atoms with E-state index in [0.717, 1.165) is 45.2 Å². The fourth-order valence-corrected chi connectivity index (χ4v) is 2.13. The fraction of sp³-hybridized carbons (Fsp3) is 0.929. The predicted molar refractivity (Wildman–Crippen MR) is 70.2 cm³/mol. The van der Waals surface area contributed by atoms with Gasteiger partial charge < -0.3 is 10.1 Å². The first-order valence-corrected chi connectivity index (χ1v) is 7.02. The zero-order chi connectivity index (χ0) is 12.5. The minimum atomic E-state index is 0.361. The first-order chi connectivity index (χ1) is 8.18.